The van der Waals surface area contributed by atoms with Crippen molar-refractivity contribution in [3.63, 3.8) is 0 Å². The second-order valence-corrected chi connectivity index (χ2v) is 3.98. The molecule has 0 bridgehead atoms. The lowest BCUT2D eigenvalue weighted by atomic mass is 10.4. The monoisotopic (exact) mass is 237 g/mol. The fraction of sp³-hybridized carbons (Fsp3) is 0.400. The minimum Gasteiger partial charge on any atom is -0.285 e. The molecule has 0 aliphatic carbocycles. The van der Waals surface area contributed by atoms with Crippen molar-refractivity contribution in [1.82, 2.24) is 5.06 Å². The molecule has 15 heavy (non-hydrogen) atoms. The van der Waals surface area contributed by atoms with Gasteiger partial charge in [-0.3, -0.25) is 19.3 Å². The first-order chi connectivity index (χ1) is 6.75. The first kappa shape index (κ1) is 13.4. The normalized spacial score (nSPS) is 20.7. The Kier molecular flexibility index (Phi) is 4.24. The molecule has 1 aliphatic heterocycles. The lowest BCUT2D eigenvalue weighted by Crippen LogP contribution is -2.32. The molecule has 1 saturated heterocycles. The number of amides is 2. The predicted octanol–water partition coefficient (Wildman–Crippen LogP) is -1.29. The van der Waals surface area contributed by atoms with Crippen LogP contribution in [-0.2, 0) is 19.7 Å². The molecule has 0 spiro atoms. The second-order valence-electron chi connectivity index (χ2n) is 2.38. The van der Waals surface area contributed by atoms with Gasteiger partial charge in [-0.2, -0.15) is 13.5 Å². The summed E-state index contributed by atoms with van der Waals surface area (Å²) >= 11 is 0. The molecule has 1 atom stereocenters. The molecule has 1 unspecified atom stereocenters. The number of hydrogen-bond acceptors (Lipinski definition) is 7. The van der Waals surface area contributed by atoms with Gasteiger partial charge in [0.25, 0.3) is 21.9 Å². The molecule has 10 heteroatoms. The average molecular weight is 237 g/mol. The van der Waals surface area contributed by atoms with E-state index in [9.17, 15) is 18.0 Å². The maximum absolute atomic E-state index is 10.7. The van der Waals surface area contributed by atoms with Gasteiger partial charge in [0.1, 0.15) is 0 Å². The zero-order valence-electron chi connectivity index (χ0n) is 7.17. The van der Waals surface area contributed by atoms with E-state index in [1.54, 1.807) is 0 Å². The van der Waals surface area contributed by atoms with E-state index in [0.29, 0.717) is 0 Å². The highest BCUT2D eigenvalue weighted by molar-refractivity contribution is 7.87. The molecule has 1 heterocycles. The molecule has 1 rings (SSSR count). The lowest BCUT2D eigenvalue weighted by molar-refractivity contribution is -0.171. The summed E-state index contributed by atoms with van der Waals surface area (Å²) in [6.45, 7) is 0. The van der Waals surface area contributed by atoms with Gasteiger partial charge in [-0.1, -0.05) is 0 Å². The van der Waals surface area contributed by atoms with Crippen molar-refractivity contribution in [3.05, 3.63) is 0 Å². The molecule has 0 saturated carbocycles. The van der Waals surface area contributed by atoms with E-state index in [-0.39, 0.29) is 5.06 Å². The number of carbonyl (C=O) groups excluding carboxylic acids is 2. The Labute approximate surface area is 84.0 Å². The molecule has 0 aromatic heterocycles. The van der Waals surface area contributed by atoms with Crippen molar-refractivity contribution in [1.29, 1.82) is 10.8 Å². The Hall–Kier alpha value is -1.61. The van der Waals surface area contributed by atoms with E-state index >= 15 is 0 Å². The second kappa shape index (κ2) is 4.75. The van der Waals surface area contributed by atoms with Crippen molar-refractivity contribution in [2.24, 2.45) is 0 Å². The first-order valence-electron chi connectivity index (χ1n) is 3.36. The highest BCUT2D eigenvalue weighted by Gasteiger charge is 2.45. The van der Waals surface area contributed by atoms with E-state index in [4.69, 9.17) is 20.6 Å². The summed E-state index contributed by atoms with van der Waals surface area (Å²) in [7, 11) is -4.59. The van der Waals surface area contributed by atoms with Crippen molar-refractivity contribution >= 4 is 27.9 Å². The van der Waals surface area contributed by atoms with Crippen LogP contribution in [0, 0.1) is 10.8 Å². The molecular formula is C5H7N3O6S. The molecule has 0 aromatic rings. The smallest absolute Gasteiger partial charge is 0.277 e. The van der Waals surface area contributed by atoms with Crippen LogP contribution in [0.25, 0.3) is 0 Å². The zero-order valence-corrected chi connectivity index (χ0v) is 7.98. The van der Waals surface area contributed by atoms with E-state index in [1.807, 2.05) is 0 Å². The maximum Gasteiger partial charge on any atom is 0.277 e. The number of rotatable bonds is 1. The Balaban J connectivity index is 0.000000583. The fourth-order valence-electron chi connectivity index (χ4n) is 0.824. The third-order valence-electron chi connectivity index (χ3n) is 1.44. The van der Waals surface area contributed by atoms with Crippen LogP contribution in [0.3, 0.4) is 0 Å². The first-order valence-corrected chi connectivity index (χ1v) is 4.86. The van der Waals surface area contributed by atoms with Gasteiger partial charge in [-0.05, 0) is 0 Å². The Morgan fingerprint density at radius 1 is 1.40 bits per heavy atom. The molecule has 0 radical (unpaired) electrons. The minimum absolute atomic E-state index is 0.307. The van der Waals surface area contributed by atoms with Crippen molar-refractivity contribution in [2.75, 3.05) is 0 Å². The topological polar surface area (TPSA) is 160 Å². The van der Waals surface area contributed by atoms with E-state index < -0.39 is 33.6 Å². The summed E-state index contributed by atoms with van der Waals surface area (Å²) in [5, 5.41) is 17.6. The highest BCUT2D eigenvalue weighted by Crippen LogP contribution is 2.16. The number of hydroxylamine groups is 2. The summed E-state index contributed by atoms with van der Waals surface area (Å²) in [5.74, 6) is -2.36. The van der Waals surface area contributed by atoms with E-state index in [0.717, 1.165) is 0 Å². The molecule has 9 nitrogen and oxygen atoms in total. The number of imide groups is 1. The van der Waals surface area contributed by atoms with Crippen LogP contribution in [0.1, 0.15) is 6.42 Å². The highest BCUT2D eigenvalue weighted by atomic mass is 32.2. The van der Waals surface area contributed by atoms with Crippen molar-refractivity contribution < 1.29 is 27.8 Å². The Morgan fingerprint density at radius 3 is 1.93 bits per heavy atom. The third-order valence-corrected chi connectivity index (χ3v) is 2.53. The molecule has 0 aromatic carbocycles. The van der Waals surface area contributed by atoms with E-state index in [2.05, 4.69) is 0 Å². The summed E-state index contributed by atoms with van der Waals surface area (Å²) in [6, 6.07) is 1.25. The van der Waals surface area contributed by atoms with E-state index in [1.165, 1.54) is 6.01 Å². The predicted molar refractivity (Wildman–Crippen MR) is 44.0 cm³/mol. The van der Waals surface area contributed by atoms with Gasteiger partial charge in [0.2, 0.25) is 0 Å². The standard InChI is InChI=1S/C4H5NO6S.CH2N2/c6-3-1-2(12(9,10)11)4(7)5(3)8;2-1-3/h2,8H,1H2,(H,9,10,11);2-3H. The molecule has 4 N–H and O–H groups in total. The number of hydrogen-bond donors (Lipinski definition) is 4. The molecule has 2 amide bonds. The van der Waals surface area contributed by atoms with Crippen LogP contribution in [0.15, 0.2) is 0 Å². The summed E-state index contributed by atoms with van der Waals surface area (Å²) in [4.78, 5) is 21.2. The number of carbonyl (C=O) groups is 2. The Morgan fingerprint density at radius 2 is 1.80 bits per heavy atom. The summed E-state index contributed by atoms with van der Waals surface area (Å²) < 4.78 is 29.1. The minimum atomic E-state index is -4.59. The fourth-order valence-corrected chi connectivity index (χ4v) is 1.53. The van der Waals surface area contributed by atoms with Crippen LogP contribution in [0.2, 0.25) is 0 Å². The number of nitrogens with one attached hydrogen (secondary N) is 2. The molecule has 1 fully saturated rings. The van der Waals surface area contributed by atoms with Gasteiger partial charge in [0.15, 0.2) is 5.25 Å². The van der Waals surface area contributed by atoms with Gasteiger partial charge in [-0.25, -0.2) is 10.8 Å². The number of nitrogens with zero attached hydrogens (tertiary/aromatic N) is 1. The van der Waals surface area contributed by atoms with Gasteiger partial charge < -0.3 is 0 Å². The SMILES string of the molecule is N=C=N.O=C1CC(S(=O)(=O)O)C(=O)N1O. The van der Waals surface area contributed by atoms with Crippen LogP contribution in [0.5, 0.6) is 0 Å². The van der Waals surface area contributed by atoms with Crippen molar-refractivity contribution in [3.8, 4) is 0 Å². The molecular weight excluding hydrogens is 230 g/mol. The molecule has 1 aliphatic rings. The maximum atomic E-state index is 10.7. The molecule has 84 valence electrons. The average Bonchev–Trinajstić information content (AvgIpc) is 2.33. The van der Waals surface area contributed by atoms with Crippen LogP contribution in [0.4, 0.5) is 0 Å². The van der Waals surface area contributed by atoms with Gasteiger partial charge in [0.05, 0.1) is 12.4 Å². The van der Waals surface area contributed by atoms with Gasteiger partial charge >= 0.3 is 0 Å². The van der Waals surface area contributed by atoms with Crippen molar-refractivity contribution in [2.45, 2.75) is 11.7 Å². The largest absolute Gasteiger partial charge is 0.285 e. The van der Waals surface area contributed by atoms with Crippen LogP contribution >= 0.6 is 0 Å². The van der Waals surface area contributed by atoms with Gasteiger partial charge in [-0.15, -0.1) is 0 Å². The lowest BCUT2D eigenvalue weighted by Gasteiger charge is -2.02. The summed E-state index contributed by atoms with van der Waals surface area (Å²) in [6.07, 6.45) is -0.714. The third kappa shape index (κ3) is 3.22. The Bertz CT molecular complexity index is 408. The van der Waals surface area contributed by atoms with Gasteiger partial charge in [0, 0.05) is 0 Å². The zero-order chi connectivity index (χ0) is 12.2. The quantitative estimate of drug-likeness (QED) is 0.192. The van der Waals surface area contributed by atoms with Crippen LogP contribution in [-0.4, -0.2) is 46.3 Å². The summed E-state index contributed by atoms with van der Waals surface area (Å²) in [5.41, 5.74) is 0. The van der Waals surface area contributed by atoms with Crippen LogP contribution < -0.4 is 0 Å².